The molecule has 2 unspecified atom stereocenters. The zero-order chi connectivity index (χ0) is 16.4. The van der Waals surface area contributed by atoms with Crippen LogP contribution >= 0.6 is 0 Å². The van der Waals surface area contributed by atoms with Gasteiger partial charge in [-0.1, -0.05) is 13.0 Å². The van der Waals surface area contributed by atoms with Crippen LogP contribution in [0.1, 0.15) is 19.4 Å². The molecule has 118 valence electrons. The highest BCUT2D eigenvalue weighted by Crippen LogP contribution is 2.30. The SMILES string of the molecule is CC(NS(=O)(=O)c1cccc(C(F)(F)F)c1)C(C)C(=O)O. The van der Waals surface area contributed by atoms with Gasteiger partial charge in [0.15, 0.2) is 0 Å². The molecule has 0 saturated carbocycles. The van der Waals surface area contributed by atoms with Crippen molar-refractivity contribution in [1.29, 1.82) is 0 Å². The largest absolute Gasteiger partial charge is 0.481 e. The Kier molecular flexibility index (Phi) is 5.00. The highest BCUT2D eigenvalue weighted by atomic mass is 32.2. The molecule has 0 fully saturated rings. The van der Waals surface area contributed by atoms with Crippen molar-refractivity contribution in [2.24, 2.45) is 5.92 Å². The lowest BCUT2D eigenvalue weighted by Crippen LogP contribution is -2.40. The minimum atomic E-state index is -4.66. The van der Waals surface area contributed by atoms with Crippen LogP contribution in [-0.2, 0) is 21.0 Å². The van der Waals surface area contributed by atoms with Gasteiger partial charge in [0.2, 0.25) is 10.0 Å². The van der Waals surface area contributed by atoms with Crippen molar-refractivity contribution in [3.05, 3.63) is 29.8 Å². The molecule has 0 aromatic heterocycles. The van der Waals surface area contributed by atoms with Crippen molar-refractivity contribution in [3.63, 3.8) is 0 Å². The van der Waals surface area contributed by atoms with Crippen molar-refractivity contribution < 1.29 is 31.5 Å². The number of benzene rings is 1. The van der Waals surface area contributed by atoms with E-state index in [9.17, 15) is 26.4 Å². The Morgan fingerprint density at radius 1 is 1.29 bits per heavy atom. The van der Waals surface area contributed by atoms with Crippen LogP contribution in [0, 0.1) is 5.92 Å². The third-order valence-electron chi connectivity index (χ3n) is 2.95. The topological polar surface area (TPSA) is 83.5 Å². The maximum absolute atomic E-state index is 12.6. The molecule has 0 amide bonds. The Morgan fingerprint density at radius 2 is 1.86 bits per heavy atom. The molecular formula is C12H14F3NO4S. The first-order chi connectivity index (χ1) is 9.45. The van der Waals surface area contributed by atoms with E-state index in [1.54, 1.807) is 0 Å². The Bertz CT molecular complexity index is 628. The fourth-order valence-corrected chi connectivity index (χ4v) is 2.84. The summed E-state index contributed by atoms with van der Waals surface area (Å²) in [5.41, 5.74) is -1.09. The molecule has 2 N–H and O–H groups in total. The number of carbonyl (C=O) groups is 1. The second-order valence-corrected chi connectivity index (χ2v) is 6.28. The van der Waals surface area contributed by atoms with Crippen LogP contribution in [0.25, 0.3) is 0 Å². The van der Waals surface area contributed by atoms with Gasteiger partial charge < -0.3 is 5.11 Å². The fraction of sp³-hybridized carbons (Fsp3) is 0.417. The number of rotatable bonds is 5. The summed E-state index contributed by atoms with van der Waals surface area (Å²) in [6, 6.07) is 2.27. The molecule has 1 aromatic rings. The van der Waals surface area contributed by atoms with Crippen LogP contribution < -0.4 is 4.72 Å². The first-order valence-electron chi connectivity index (χ1n) is 5.87. The molecule has 0 saturated heterocycles. The van der Waals surface area contributed by atoms with Gasteiger partial charge in [-0.2, -0.15) is 13.2 Å². The number of carboxylic acids is 1. The molecule has 5 nitrogen and oxygen atoms in total. The zero-order valence-corrected chi connectivity index (χ0v) is 12.0. The number of alkyl halides is 3. The molecule has 1 rings (SSSR count). The molecule has 9 heteroatoms. The first-order valence-corrected chi connectivity index (χ1v) is 7.36. The van der Waals surface area contributed by atoms with Crippen molar-refractivity contribution in [3.8, 4) is 0 Å². The van der Waals surface area contributed by atoms with Gasteiger partial charge in [0.05, 0.1) is 16.4 Å². The molecule has 21 heavy (non-hydrogen) atoms. The summed E-state index contributed by atoms with van der Waals surface area (Å²) < 4.78 is 63.7. The van der Waals surface area contributed by atoms with Crippen molar-refractivity contribution in [1.82, 2.24) is 4.72 Å². The number of aliphatic carboxylic acids is 1. The molecule has 0 aliphatic rings. The van der Waals surface area contributed by atoms with Gasteiger partial charge in [0.25, 0.3) is 0 Å². The number of halogens is 3. The summed E-state index contributed by atoms with van der Waals surface area (Å²) >= 11 is 0. The third-order valence-corrected chi connectivity index (χ3v) is 4.51. The summed E-state index contributed by atoms with van der Waals surface area (Å²) in [6.45, 7) is 2.62. The van der Waals surface area contributed by atoms with Crippen molar-refractivity contribution in [2.75, 3.05) is 0 Å². The molecule has 0 aliphatic heterocycles. The van der Waals surface area contributed by atoms with Crippen molar-refractivity contribution >= 4 is 16.0 Å². The van der Waals surface area contributed by atoms with Crippen LogP contribution in [0.5, 0.6) is 0 Å². The molecule has 0 heterocycles. The van der Waals surface area contributed by atoms with E-state index in [0.717, 1.165) is 18.2 Å². The Balaban J connectivity index is 3.07. The summed E-state index contributed by atoms with van der Waals surface area (Å²) in [6.07, 6.45) is -4.66. The highest BCUT2D eigenvalue weighted by Gasteiger charge is 2.32. The van der Waals surface area contributed by atoms with E-state index in [1.807, 2.05) is 0 Å². The van der Waals surface area contributed by atoms with Gasteiger partial charge in [-0.25, -0.2) is 13.1 Å². The molecule has 0 spiro atoms. The molecule has 0 bridgehead atoms. The average molecular weight is 325 g/mol. The normalized spacial score (nSPS) is 15.5. The van der Waals surface area contributed by atoms with Crippen LogP contribution in [-0.4, -0.2) is 25.5 Å². The summed E-state index contributed by atoms with van der Waals surface area (Å²) in [4.78, 5) is 10.2. The van der Waals surface area contributed by atoms with Gasteiger partial charge in [0.1, 0.15) is 0 Å². The first kappa shape index (κ1) is 17.4. The van der Waals surface area contributed by atoms with E-state index in [2.05, 4.69) is 4.72 Å². The van der Waals surface area contributed by atoms with E-state index >= 15 is 0 Å². The maximum Gasteiger partial charge on any atom is 0.416 e. The van der Waals surface area contributed by atoms with E-state index in [0.29, 0.717) is 6.07 Å². The lowest BCUT2D eigenvalue weighted by atomic mass is 10.1. The van der Waals surface area contributed by atoms with E-state index in [1.165, 1.54) is 13.8 Å². The molecular weight excluding hydrogens is 311 g/mol. The monoisotopic (exact) mass is 325 g/mol. The number of sulfonamides is 1. The second kappa shape index (κ2) is 6.02. The molecule has 0 aliphatic carbocycles. The van der Waals surface area contributed by atoms with E-state index in [-0.39, 0.29) is 0 Å². The molecule has 1 aromatic carbocycles. The van der Waals surface area contributed by atoms with Crippen LogP contribution in [0.2, 0.25) is 0 Å². The van der Waals surface area contributed by atoms with Crippen molar-refractivity contribution in [2.45, 2.75) is 31.0 Å². The second-order valence-electron chi connectivity index (χ2n) is 4.56. The predicted molar refractivity (Wildman–Crippen MR) is 68.0 cm³/mol. The van der Waals surface area contributed by atoms with E-state index < -0.39 is 44.6 Å². The van der Waals surface area contributed by atoms with Gasteiger partial charge in [-0.3, -0.25) is 4.79 Å². The smallest absolute Gasteiger partial charge is 0.416 e. The quantitative estimate of drug-likeness (QED) is 0.868. The summed E-state index contributed by atoms with van der Waals surface area (Å²) in [5, 5.41) is 8.79. The minimum absolute atomic E-state index is 0.500. The Hall–Kier alpha value is -1.61. The number of nitrogens with one attached hydrogen (secondary N) is 1. The average Bonchev–Trinajstić information content (AvgIpc) is 2.36. The van der Waals surface area contributed by atoms with E-state index in [4.69, 9.17) is 5.11 Å². The third kappa shape index (κ3) is 4.43. The lowest BCUT2D eigenvalue weighted by molar-refractivity contribution is -0.141. The Labute approximate surface area is 119 Å². The van der Waals surface area contributed by atoms with Gasteiger partial charge >= 0.3 is 12.1 Å². The van der Waals surface area contributed by atoms with Crippen LogP contribution in [0.3, 0.4) is 0 Å². The molecule has 0 radical (unpaired) electrons. The predicted octanol–water partition coefficient (Wildman–Crippen LogP) is 2.09. The Morgan fingerprint density at radius 3 is 2.33 bits per heavy atom. The van der Waals surface area contributed by atoms with Gasteiger partial charge in [0, 0.05) is 6.04 Å². The lowest BCUT2D eigenvalue weighted by Gasteiger charge is -2.18. The zero-order valence-electron chi connectivity index (χ0n) is 11.2. The fourth-order valence-electron chi connectivity index (χ4n) is 1.47. The number of carboxylic acid groups (broad SMARTS) is 1. The maximum atomic E-state index is 12.6. The summed E-state index contributed by atoms with van der Waals surface area (Å²) in [7, 11) is -4.23. The minimum Gasteiger partial charge on any atom is -0.481 e. The van der Waals surface area contributed by atoms with Gasteiger partial charge in [-0.05, 0) is 25.1 Å². The highest BCUT2D eigenvalue weighted by molar-refractivity contribution is 7.89. The number of hydrogen-bond donors (Lipinski definition) is 2. The summed E-state index contributed by atoms with van der Waals surface area (Å²) in [5.74, 6) is -2.24. The van der Waals surface area contributed by atoms with Gasteiger partial charge in [-0.15, -0.1) is 0 Å². The van der Waals surface area contributed by atoms with Crippen LogP contribution in [0.4, 0.5) is 13.2 Å². The van der Waals surface area contributed by atoms with Crippen LogP contribution in [0.15, 0.2) is 29.2 Å². The number of hydrogen-bond acceptors (Lipinski definition) is 3. The standard InChI is InChI=1S/C12H14F3NO4S/c1-7(11(17)18)8(2)16-21(19,20)10-5-3-4-9(6-10)12(13,14)15/h3-8,16H,1-2H3,(H,17,18). The molecule has 2 atom stereocenters.